The van der Waals surface area contributed by atoms with Gasteiger partial charge in [-0.05, 0) is 40.2 Å². The molecular weight excluding hydrogens is 268 g/mol. The first-order valence-electron chi connectivity index (χ1n) is 5.18. The van der Waals surface area contributed by atoms with Gasteiger partial charge in [0.1, 0.15) is 5.76 Å². The molecule has 1 N–H and O–H groups in total. The molecule has 0 atom stereocenters. The zero-order valence-corrected chi connectivity index (χ0v) is 10.4. The summed E-state index contributed by atoms with van der Waals surface area (Å²) in [5.74, 6) is 1.01. The lowest BCUT2D eigenvalue weighted by Crippen LogP contribution is -2.17. The predicted molar refractivity (Wildman–Crippen MR) is 66.1 cm³/mol. The summed E-state index contributed by atoms with van der Waals surface area (Å²) in [6.45, 7) is 1.68. The lowest BCUT2D eigenvalue weighted by atomic mass is 10.3. The summed E-state index contributed by atoms with van der Waals surface area (Å²) in [6, 6.07) is 7.89. The number of aromatic nitrogens is 1. The minimum Gasteiger partial charge on any atom is -0.469 e. The van der Waals surface area contributed by atoms with E-state index in [4.69, 9.17) is 4.42 Å². The van der Waals surface area contributed by atoms with Gasteiger partial charge in [0.05, 0.1) is 12.0 Å². The molecule has 0 amide bonds. The topological polar surface area (TPSA) is 38.1 Å². The van der Waals surface area contributed by atoms with Gasteiger partial charge in [-0.25, -0.2) is 0 Å². The van der Waals surface area contributed by atoms with Crippen LogP contribution in [0.1, 0.15) is 11.5 Å². The van der Waals surface area contributed by atoms with Gasteiger partial charge in [0.2, 0.25) is 0 Å². The van der Waals surface area contributed by atoms with Crippen molar-refractivity contribution >= 4 is 15.9 Å². The molecule has 2 aromatic heterocycles. The van der Waals surface area contributed by atoms with E-state index in [1.807, 2.05) is 30.5 Å². The van der Waals surface area contributed by atoms with Crippen molar-refractivity contribution in [2.75, 3.05) is 6.54 Å². The summed E-state index contributed by atoms with van der Waals surface area (Å²) < 4.78 is 6.25. The second kappa shape index (κ2) is 5.82. The summed E-state index contributed by atoms with van der Waals surface area (Å²) in [7, 11) is 0. The Hall–Kier alpha value is -1.13. The maximum atomic E-state index is 5.24. The molecule has 2 rings (SSSR count). The highest BCUT2D eigenvalue weighted by atomic mass is 79.9. The Morgan fingerprint density at radius 2 is 2.25 bits per heavy atom. The van der Waals surface area contributed by atoms with Gasteiger partial charge in [0, 0.05) is 30.2 Å². The SMILES string of the molecule is Brc1ccc(CNCCc2ccco2)nc1. The predicted octanol–water partition coefficient (Wildman–Crippen LogP) is 2.77. The molecule has 0 unspecified atom stereocenters. The molecule has 2 heterocycles. The van der Waals surface area contributed by atoms with Crippen LogP contribution in [0.3, 0.4) is 0 Å². The molecule has 16 heavy (non-hydrogen) atoms. The summed E-state index contributed by atoms with van der Waals surface area (Å²) in [5, 5.41) is 3.32. The van der Waals surface area contributed by atoms with Crippen molar-refractivity contribution in [1.29, 1.82) is 0 Å². The number of nitrogens with one attached hydrogen (secondary N) is 1. The van der Waals surface area contributed by atoms with Crippen LogP contribution in [0, 0.1) is 0 Å². The Bertz CT molecular complexity index is 411. The van der Waals surface area contributed by atoms with Crippen molar-refractivity contribution in [2.24, 2.45) is 0 Å². The summed E-state index contributed by atoms with van der Waals surface area (Å²) in [4.78, 5) is 4.28. The third-order valence-electron chi connectivity index (χ3n) is 2.22. The normalized spacial score (nSPS) is 10.6. The van der Waals surface area contributed by atoms with Gasteiger partial charge in [-0.2, -0.15) is 0 Å². The van der Waals surface area contributed by atoms with E-state index < -0.39 is 0 Å². The van der Waals surface area contributed by atoms with Crippen molar-refractivity contribution in [3.63, 3.8) is 0 Å². The minimum absolute atomic E-state index is 0.786. The molecule has 0 bridgehead atoms. The molecule has 0 aliphatic heterocycles. The third kappa shape index (κ3) is 3.47. The van der Waals surface area contributed by atoms with Crippen molar-refractivity contribution < 1.29 is 4.42 Å². The number of halogens is 1. The van der Waals surface area contributed by atoms with Crippen LogP contribution in [0.4, 0.5) is 0 Å². The van der Waals surface area contributed by atoms with E-state index in [0.29, 0.717) is 0 Å². The van der Waals surface area contributed by atoms with Crippen molar-refractivity contribution in [2.45, 2.75) is 13.0 Å². The van der Waals surface area contributed by atoms with Crippen LogP contribution in [-0.4, -0.2) is 11.5 Å². The summed E-state index contributed by atoms with van der Waals surface area (Å²) in [5.41, 5.74) is 1.04. The van der Waals surface area contributed by atoms with Crippen LogP contribution in [-0.2, 0) is 13.0 Å². The number of hydrogen-bond acceptors (Lipinski definition) is 3. The monoisotopic (exact) mass is 280 g/mol. The maximum absolute atomic E-state index is 5.24. The van der Waals surface area contributed by atoms with E-state index in [-0.39, 0.29) is 0 Å². The molecule has 2 aromatic rings. The molecular formula is C12H13BrN2O. The van der Waals surface area contributed by atoms with Crippen LogP contribution < -0.4 is 5.32 Å². The number of nitrogens with zero attached hydrogens (tertiary/aromatic N) is 1. The second-order valence-electron chi connectivity index (χ2n) is 3.47. The van der Waals surface area contributed by atoms with Gasteiger partial charge >= 0.3 is 0 Å². The quantitative estimate of drug-likeness (QED) is 0.856. The fourth-order valence-corrected chi connectivity index (χ4v) is 1.63. The summed E-state index contributed by atoms with van der Waals surface area (Å²) in [6.07, 6.45) is 4.42. The first kappa shape index (κ1) is 11.4. The zero-order chi connectivity index (χ0) is 11.2. The molecule has 3 nitrogen and oxygen atoms in total. The second-order valence-corrected chi connectivity index (χ2v) is 4.39. The molecule has 0 spiro atoms. The van der Waals surface area contributed by atoms with Gasteiger partial charge < -0.3 is 9.73 Å². The third-order valence-corrected chi connectivity index (χ3v) is 2.69. The van der Waals surface area contributed by atoms with Crippen LogP contribution in [0.15, 0.2) is 45.6 Å². The largest absolute Gasteiger partial charge is 0.469 e. The number of hydrogen-bond donors (Lipinski definition) is 1. The highest BCUT2D eigenvalue weighted by Gasteiger charge is 1.96. The Kier molecular flexibility index (Phi) is 4.13. The fraction of sp³-hybridized carbons (Fsp3) is 0.250. The van der Waals surface area contributed by atoms with Gasteiger partial charge in [0.15, 0.2) is 0 Å². The molecule has 0 fully saturated rings. The van der Waals surface area contributed by atoms with Crippen molar-refractivity contribution in [3.05, 3.63) is 52.7 Å². The van der Waals surface area contributed by atoms with E-state index in [9.17, 15) is 0 Å². The number of pyridine rings is 1. The average Bonchev–Trinajstić information content (AvgIpc) is 2.80. The van der Waals surface area contributed by atoms with Crippen LogP contribution in [0.5, 0.6) is 0 Å². The standard InChI is InChI=1S/C12H13BrN2O/c13-10-3-4-11(15-8-10)9-14-6-5-12-2-1-7-16-12/h1-4,7-8,14H,5-6,9H2. The summed E-state index contributed by atoms with van der Waals surface area (Å²) >= 11 is 3.36. The smallest absolute Gasteiger partial charge is 0.105 e. The zero-order valence-electron chi connectivity index (χ0n) is 8.82. The van der Waals surface area contributed by atoms with Gasteiger partial charge in [-0.15, -0.1) is 0 Å². The van der Waals surface area contributed by atoms with Crippen LogP contribution in [0.25, 0.3) is 0 Å². The maximum Gasteiger partial charge on any atom is 0.105 e. The lowest BCUT2D eigenvalue weighted by Gasteiger charge is -2.02. The van der Waals surface area contributed by atoms with Crippen molar-refractivity contribution in [1.82, 2.24) is 10.3 Å². The average molecular weight is 281 g/mol. The highest BCUT2D eigenvalue weighted by Crippen LogP contribution is 2.07. The molecule has 0 aliphatic carbocycles. The molecule has 0 saturated heterocycles. The van der Waals surface area contributed by atoms with Crippen molar-refractivity contribution in [3.8, 4) is 0 Å². The van der Waals surface area contributed by atoms with E-state index in [1.165, 1.54) is 0 Å². The molecule has 0 aromatic carbocycles. The van der Waals surface area contributed by atoms with E-state index in [1.54, 1.807) is 6.26 Å². The minimum atomic E-state index is 0.786. The van der Waals surface area contributed by atoms with E-state index in [0.717, 1.165) is 35.4 Å². The fourth-order valence-electron chi connectivity index (χ4n) is 1.39. The molecule has 84 valence electrons. The van der Waals surface area contributed by atoms with Gasteiger partial charge in [-0.3, -0.25) is 4.98 Å². The Morgan fingerprint density at radius 1 is 1.31 bits per heavy atom. The molecule has 4 heteroatoms. The first-order valence-corrected chi connectivity index (χ1v) is 5.97. The van der Waals surface area contributed by atoms with Crippen LogP contribution in [0.2, 0.25) is 0 Å². The molecule has 0 radical (unpaired) electrons. The number of furan rings is 1. The highest BCUT2D eigenvalue weighted by molar-refractivity contribution is 9.10. The van der Waals surface area contributed by atoms with Gasteiger partial charge in [0.25, 0.3) is 0 Å². The Morgan fingerprint density at radius 3 is 2.94 bits per heavy atom. The number of rotatable bonds is 5. The molecule has 0 saturated carbocycles. The van der Waals surface area contributed by atoms with E-state index in [2.05, 4.69) is 26.2 Å². The first-order chi connectivity index (χ1) is 7.84. The van der Waals surface area contributed by atoms with E-state index >= 15 is 0 Å². The Labute approximate surface area is 103 Å². The van der Waals surface area contributed by atoms with Gasteiger partial charge in [-0.1, -0.05) is 0 Å². The lowest BCUT2D eigenvalue weighted by molar-refractivity contribution is 0.498. The molecule has 0 aliphatic rings. The Balaban J connectivity index is 1.70. The van der Waals surface area contributed by atoms with Crippen LogP contribution >= 0.6 is 15.9 Å².